The van der Waals surface area contributed by atoms with Gasteiger partial charge in [0.2, 0.25) is 0 Å². The van der Waals surface area contributed by atoms with E-state index in [1.807, 2.05) is 30.3 Å². The number of benzene rings is 2. The Morgan fingerprint density at radius 2 is 1.68 bits per heavy atom. The van der Waals surface area contributed by atoms with Crippen molar-refractivity contribution in [2.45, 2.75) is 20.5 Å². The molecule has 1 saturated heterocycles. The van der Waals surface area contributed by atoms with Crippen molar-refractivity contribution in [2.24, 2.45) is 0 Å². The van der Waals surface area contributed by atoms with Gasteiger partial charge in [0.15, 0.2) is 11.4 Å². The summed E-state index contributed by atoms with van der Waals surface area (Å²) in [6.45, 7) is 3.98. The molecule has 0 bridgehead atoms. The van der Waals surface area contributed by atoms with E-state index in [-0.39, 0.29) is 18.1 Å². The number of fused-ring (bicyclic) bond motifs is 1. The van der Waals surface area contributed by atoms with Crippen LogP contribution in [-0.4, -0.2) is 54.0 Å². The smallest absolute Gasteiger partial charge is 0.308 e. The van der Waals surface area contributed by atoms with E-state index in [1.54, 1.807) is 23.1 Å². The van der Waals surface area contributed by atoms with E-state index < -0.39 is 17.8 Å². The van der Waals surface area contributed by atoms with Gasteiger partial charge in [-0.25, -0.2) is 4.98 Å². The molecule has 0 spiro atoms. The maximum Gasteiger partial charge on any atom is 0.308 e. The Hall–Kier alpha value is -3.98. The summed E-state index contributed by atoms with van der Waals surface area (Å²) >= 11 is 0. The quantitative estimate of drug-likeness (QED) is 0.511. The number of para-hydroxylation sites is 1. The third-order valence-corrected chi connectivity index (χ3v) is 5.15. The number of ether oxygens (including phenoxy) is 4. The first-order valence-corrected chi connectivity index (χ1v) is 10.8. The van der Waals surface area contributed by atoms with Crippen LogP contribution in [0.5, 0.6) is 17.2 Å². The van der Waals surface area contributed by atoms with Gasteiger partial charge in [-0.1, -0.05) is 18.2 Å². The molecule has 1 aliphatic heterocycles. The van der Waals surface area contributed by atoms with Crippen LogP contribution in [0.2, 0.25) is 0 Å². The molecule has 176 valence electrons. The van der Waals surface area contributed by atoms with Crippen molar-refractivity contribution in [3.8, 4) is 17.2 Å². The molecule has 1 amide bonds. The standard InChI is InChI=1S/C25H24N2O7/c1-16(28)32-15-22-21-14-19(34-18-6-4-3-5-7-18)8-9-20(21)24(33-17(2)29)23(26-22)25(30)27-10-12-31-13-11-27/h3-9,14H,10-13,15H2,1-2H3. The van der Waals surface area contributed by atoms with Gasteiger partial charge in [0.05, 0.1) is 18.9 Å². The zero-order chi connectivity index (χ0) is 24.1. The van der Waals surface area contributed by atoms with Crippen LogP contribution in [0.1, 0.15) is 30.0 Å². The molecule has 1 aliphatic rings. The Morgan fingerprint density at radius 1 is 0.941 bits per heavy atom. The maximum absolute atomic E-state index is 13.3. The lowest BCUT2D eigenvalue weighted by Gasteiger charge is -2.27. The summed E-state index contributed by atoms with van der Waals surface area (Å²) in [5, 5.41) is 1.01. The van der Waals surface area contributed by atoms with Gasteiger partial charge in [0.1, 0.15) is 18.1 Å². The van der Waals surface area contributed by atoms with E-state index in [0.717, 1.165) is 0 Å². The van der Waals surface area contributed by atoms with Gasteiger partial charge in [0.25, 0.3) is 5.91 Å². The monoisotopic (exact) mass is 464 g/mol. The Bertz CT molecular complexity index is 1220. The molecular weight excluding hydrogens is 440 g/mol. The van der Waals surface area contributed by atoms with Gasteiger partial charge < -0.3 is 23.8 Å². The van der Waals surface area contributed by atoms with Crippen molar-refractivity contribution in [1.82, 2.24) is 9.88 Å². The number of rotatable bonds is 6. The van der Waals surface area contributed by atoms with Crippen LogP contribution in [0, 0.1) is 0 Å². The van der Waals surface area contributed by atoms with Gasteiger partial charge in [-0.2, -0.15) is 0 Å². The highest BCUT2D eigenvalue weighted by Crippen LogP contribution is 2.35. The summed E-state index contributed by atoms with van der Waals surface area (Å²) in [6.07, 6.45) is 0. The number of hydrogen-bond acceptors (Lipinski definition) is 8. The van der Waals surface area contributed by atoms with E-state index >= 15 is 0 Å². The van der Waals surface area contributed by atoms with Crippen LogP contribution >= 0.6 is 0 Å². The number of carbonyl (C=O) groups is 3. The van der Waals surface area contributed by atoms with Gasteiger partial charge >= 0.3 is 11.9 Å². The van der Waals surface area contributed by atoms with Crippen molar-refractivity contribution in [3.05, 3.63) is 59.9 Å². The van der Waals surface area contributed by atoms with Crippen molar-refractivity contribution in [1.29, 1.82) is 0 Å². The molecule has 1 aromatic heterocycles. The summed E-state index contributed by atoms with van der Waals surface area (Å²) < 4.78 is 21.9. The number of carbonyl (C=O) groups excluding carboxylic acids is 3. The van der Waals surface area contributed by atoms with E-state index in [1.165, 1.54) is 13.8 Å². The minimum atomic E-state index is -0.587. The van der Waals surface area contributed by atoms with E-state index in [2.05, 4.69) is 4.98 Å². The van der Waals surface area contributed by atoms with Crippen molar-refractivity contribution in [2.75, 3.05) is 26.3 Å². The molecule has 0 N–H and O–H groups in total. The predicted molar refractivity (Wildman–Crippen MR) is 122 cm³/mol. The largest absolute Gasteiger partial charge is 0.459 e. The molecule has 0 saturated carbocycles. The topological polar surface area (TPSA) is 104 Å². The molecule has 4 rings (SSSR count). The third kappa shape index (κ3) is 5.32. The predicted octanol–water partition coefficient (Wildman–Crippen LogP) is 3.49. The first-order valence-electron chi connectivity index (χ1n) is 10.8. The Morgan fingerprint density at radius 3 is 2.35 bits per heavy atom. The summed E-state index contributed by atoms with van der Waals surface area (Å²) in [6, 6.07) is 14.3. The molecule has 0 unspecified atom stereocenters. The van der Waals surface area contributed by atoms with Crippen LogP contribution in [0.3, 0.4) is 0 Å². The molecule has 0 radical (unpaired) electrons. The molecule has 1 fully saturated rings. The third-order valence-electron chi connectivity index (χ3n) is 5.15. The highest BCUT2D eigenvalue weighted by Gasteiger charge is 2.27. The molecule has 0 atom stereocenters. The fraction of sp³-hybridized carbons (Fsp3) is 0.280. The number of esters is 2. The average Bonchev–Trinajstić information content (AvgIpc) is 2.84. The molecule has 34 heavy (non-hydrogen) atoms. The molecular formula is C25H24N2O7. The minimum absolute atomic E-state index is 0.0246. The van der Waals surface area contributed by atoms with Gasteiger partial charge in [-0.3, -0.25) is 14.4 Å². The lowest BCUT2D eigenvalue weighted by atomic mass is 10.1. The lowest BCUT2D eigenvalue weighted by Crippen LogP contribution is -2.41. The van der Waals surface area contributed by atoms with Gasteiger partial charge in [-0.15, -0.1) is 0 Å². The summed E-state index contributed by atoms with van der Waals surface area (Å²) in [4.78, 5) is 42.9. The second kappa shape index (κ2) is 10.3. The fourth-order valence-corrected chi connectivity index (χ4v) is 3.61. The number of morpholine rings is 1. The van der Waals surface area contributed by atoms with Crippen molar-refractivity contribution in [3.63, 3.8) is 0 Å². The van der Waals surface area contributed by atoms with Crippen LogP contribution in [-0.2, 0) is 25.7 Å². The van der Waals surface area contributed by atoms with Crippen LogP contribution in [0.15, 0.2) is 48.5 Å². The lowest BCUT2D eigenvalue weighted by molar-refractivity contribution is -0.142. The minimum Gasteiger partial charge on any atom is -0.459 e. The Labute approximate surface area is 196 Å². The Balaban J connectivity index is 1.84. The van der Waals surface area contributed by atoms with Crippen molar-refractivity contribution >= 4 is 28.6 Å². The van der Waals surface area contributed by atoms with Crippen LogP contribution < -0.4 is 9.47 Å². The first-order chi connectivity index (χ1) is 16.4. The van der Waals surface area contributed by atoms with E-state index in [4.69, 9.17) is 18.9 Å². The molecule has 3 aromatic rings. The highest BCUT2D eigenvalue weighted by molar-refractivity contribution is 6.04. The normalized spacial score (nSPS) is 13.4. The number of amides is 1. The molecule has 2 aromatic carbocycles. The number of nitrogens with zero attached hydrogens (tertiary/aromatic N) is 2. The highest BCUT2D eigenvalue weighted by atomic mass is 16.5. The second-order valence-electron chi connectivity index (χ2n) is 7.64. The molecule has 9 heteroatoms. The van der Waals surface area contributed by atoms with E-state index in [9.17, 15) is 14.4 Å². The summed E-state index contributed by atoms with van der Waals surface area (Å²) in [5.41, 5.74) is 0.319. The van der Waals surface area contributed by atoms with Crippen LogP contribution in [0.4, 0.5) is 0 Å². The molecule has 0 aliphatic carbocycles. The van der Waals surface area contributed by atoms with Crippen LogP contribution in [0.25, 0.3) is 10.8 Å². The second-order valence-corrected chi connectivity index (χ2v) is 7.64. The van der Waals surface area contributed by atoms with E-state index in [0.29, 0.717) is 54.3 Å². The van der Waals surface area contributed by atoms with Gasteiger partial charge in [-0.05, 0) is 30.3 Å². The molecule has 9 nitrogen and oxygen atoms in total. The SMILES string of the molecule is CC(=O)OCc1nc(C(=O)N2CCOCC2)c(OC(C)=O)c2ccc(Oc3ccccc3)cc12. The summed E-state index contributed by atoms with van der Waals surface area (Å²) in [5.74, 6) is -0.276. The zero-order valence-corrected chi connectivity index (χ0v) is 18.9. The zero-order valence-electron chi connectivity index (χ0n) is 18.9. The van der Waals surface area contributed by atoms with Gasteiger partial charge in [0, 0.05) is 37.7 Å². The average molecular weight is 464 g/mol. The number of hydrogen-bond donors (Lipinski definition) is 0. The summed E-state index contributed by atoms with van der Waals surface area (Å²) in [7, 11) is 0. The Kier molecular flexibility index (Phi) is 7.03. The first kappa shape index (κ1) is 23.2. The number of aromatic nitrogens is 1. The fourth-order valence-electron chi connectivity index (χ4n) is 3.61. The maximum atomic E-state index is 13.3. The van der Waals surface area contributed by atoms with Crippen molar-refractivity contribution < 1.29 is 33.3 Å². The molecule has 2 heterocycles. The number of pyridine rings is 1.